The number of unbranched alkanes of at least 4 members (excludes halogenated alkanes) is 4. The van der Waals surface area contributed by atoms with E-state index >= 15 is 0 Å². The van der Waals surface area contributed by atoms with Crippen LogP contribution in [0.3, 0.4) is 0 Å². The molecule has 0 aliphatic rings. The molecular formula is C16H32N2O2S2. The summed E-state index contributed by atoms with van der Waals surface area (Å²) in [6, 6.07) is 0. The lowest BCUT2D eigenvalue weighted by molar-refractivity contribution is -0.121. The Hall–Kier alpha value is -0.360. The zero-order valence-electron chi connectivity index (χ0n) is 14.1. The highest BCUT2D eigenvalue weighted by Gasteiger charge is 2.03. The van der Waals surface area contributed by atoms with E-state index in [9.17, 15) is 9.59 Å². The van der Waals surface area contributed by atoms with Gasteiger partial charge in [-0.2, -0.15) is 0 Å². The molecule has 0 saturated carbocycles. The Balaban J connectivity index is 3.28. The first-order chi connectivity index (χ1) is 10.7. The van der Waals surface area contributed by atoms with Gasteiger partial charge < -0.3 is 10.6 Å². The van der Waals surface area contributed by atoms with E-state index in [2.05, 4.69) is 24.5 Å². The molecule has 0 fully saturated rings. The molecule has 0 radical (unpaired) electrons. The molecule has 4 nitrogen and oxygen atoms in total. The molecule has 0 spiro atoms. The summed E-state index contributed by atoms with van der Waals surface area (Å²) in [5.74, 6) is 1.89. The van der Waals surface area contributed by atoms with Gasteiger partial charge in [0.25, 0.3) is 0 Å². The summed E-state index contributed by atoms with van der Waals surface area (Å²) in [4.78, 5) is 23.0. The third kappa shape index (κ3) is 16.0. The highest BCUT2D eigenvalue weighted by atomic mass is 33.1. The van der Waals surface area contributed by atoms with Crippen molar-refractivity contribution in [3.8, 4) is 0 Å². The van der Waals surface area contributed by atoms with Crippen LogP contribution in [-0.2, 0) is 9.59 Å². The molecular weight excluding hydrogens is 316 g/mol. The minimum atomic E-state index is 0.137. The van der Waals surface area contributed by atoms with Crippen molar-refractivity contribution in [2.24, 2.45) is 0 Å². The number of hydrogen-bond donors (Lipinski definition) is 2. The van der Waals surface area contributed by atoms with Gasteiger partial charge in [-0.25, -0.2) is 0 Å². The number of hydrogen-bond acceptors (Lipinski definition) is 4. The van der Waals surface area contributed by atoms with Crippen LogP contribution >= 0.6 is 21.6 Å². The van der Waals surface area contributed by atoms with E-state index in [1.165, 1.54) is 25.7 Å². The van der Waals surface area contributed by atoms with Crippen LogP contribution in [0, 0.1) is 0 Å². The Morgan fingerprint density at radius 3 is 1.50 bits per heavy atom. The number of carbonyl (C=O) groups excluding carboxylic acids is 2. The van der Waals surface area contributed by atoms with Crippen LogP contribution in [0.4, 0.5) is 0 Å². The molecule has 0 bridgehead atoms. The Kier molecular flexibility index (Phi) is 16.7. The predicted octanol–water partition coefficient (Wildman–Crippen LogP) is 3.76. The van der Waals surface area contributed by atoms with Crippen LogP contribution in [0.25, 0.3) is 0 Å². The van der Waals surface area contributed by atoms with Gasteiger partial charge in [-0.15, -0.1) is 0 Å². The molecule has 0 aromatic heterocycles. The van der Waals surface area contributed by atoms with Crippen molar-refractivity contribution in [1.82, 2.24) is 10.6 Å². The predicted molar refractivity (Wildman–Crippen MR) is 99.2 cm³/mol. The third-order valence-corrected chi connectivity index (χ3v) is 5.52. The summed E-state index contributed by atoms with van der Waals surface area (Å²) in [6.45, 7) is 5.90. The number of carbonyl (C=O) groups is 2. The van der Waals surface area contributed by atoms with Gasteiger partial charge in [0.1, 0.15) is 0 Å². The van der Waals surface area contributed by atoms with Gasteiger partial charge in [-0.1, -0.05) is 61.1 Å². The maximum Gasteiger partial charge on any atom is 0.220 e. The molecule has 0 saturated heterocycles. The van der Waals surface area contributed by atoms with Gasteiger partial charge in [0.15, 0.2) is 0 Å². The molecule has 0 aromatic rings. The summed E-state index contributed by atoms with van der Waals surface area (Å²) in [5.41, 5.74) is 0. The van der Waals surface area contributed by atoms with Crippen LogP contribution in [0.2, 0.25) is 0 Å². The Morgan fingerprint density at radius 1 is 0.727 bits per heavy atom. The molecule has 0 aliphatic carbocycles. The van der Waals surface area contributed by atoms with Crippen molar-refractivity contribution in [1.29, 1.82) is 0 Å². The standard InChI is InChI=1S/C16H32N2O2S2/c1-3-5-7-11-17-15(19)9-13-21-22-14-10-16(20)18-12-8-6-4-2/h3-14H2,1-2H3,(H,17,19)(H,18,20). The van der Waals surface area contributed by atoms with E-state index < -0.39 is 0 Å². The van der Waals surface area contributed by atoms with E-state index in [1.807, 2.05) is 0 Å². The van der Waals surface area contributed by atoms with E-state index in [0.29, 0.717) is 12.8 Å². The van der Waals surface area contributed by atoms with Crippen molar-refractivity contribution < 1.29 is 9.59 Å². The fourth-order valence-electron chi connectivity index (χ4n) is 1.77. The van der Waals surface area contributed by atoms with Crippen molar-refractivity contribution in [3.63, 3.8) is 0 Å². The van der Waals surface area contributed by atoms with Crippen LogP contribution in [-0.4, -0.2) is 36.4 Å². The first kappa shape index (κ1) is 21.6. The molecule has 0 unspecified atom stereocenters. The van der Waals surface area contributed by atoms with Crippen molar-refractivity contribution in [2.45, 2.75) is 65.2 Å². The zero-order chi connectivity index (χ0) is 16.5. The summed E-state index contributed by atoms with van der Waals surface area (Å²) < 4.78 is 0. The van der Waals surface area contributed by atoms with E-state index in [0.717, 1.165) is 37.4 Å². The molecule has 0 heterocycles. The molecule has 0 aromatic carbocycles. The lowest BCUT2D eigenvalue weighted by Gasteiger charge is -2.05. The summed E-state index contributed by atoms with van der Waals surface area (Å²) >= 11 is 0. The second-order valence-electron chi connectivity index (χ2n) is 5.26. The molecule has 2 N–H and O–H groups in total. The van der Waals surface area contributed by atoms with E-state index in [1.54, 1.807) is 21.6 Å². The van der Waals surface area contributed by atoms with Crippen LogP contribution in [0.15, 0.2) is 0 Å². The Morgan fingerprint density at radius 2 is 1.14 bits per heavy atom. The van der Waals surface area contributed by atoms with Crippen molar-refractivity contribution in [3.05, 3.63) is 0 Å². The van der Waals surface area contributed by atoms with Gasteiger partial charge in [0.05, 0.1) is 0 Å². The van der Waals surface area contributed by atoms with Gasteiger partial charge in [0, 0.05) is 37.4 Å². The van der Waals surface area contributed by atoms with E-state index in [4.69, 9.17) is 0 Å². The molecule has 0 aliphatic heterocycles. The second-order valence-corrected chi connectivity index (χ2v) is 7.96. The monoisotopic (exact) mass is 348 g/mol. The van der Waals surface area contributed by atoms with Crippen LogP contribution in [0.5, 0.6) is 0 Å². The lowest BCUT2D eigenvalue weighted by atomic mass is 10.2. The fourth-order valence-corrected chi connectivity index (χ4v) is 3.75. The zero-order valence-corrected chi connectivity index (χ0v) is 15.8. The number of amides is 2. The molecule has 130 valence electrons. The topological polar surface area (TPSA) is 58.2 Å². The highest BCUT2D eigenvalue weighted by Crippen LogP contribution is 2.22. The summed E-state index contributed by atoms with van der Waals surface area (Å²) in [7, 11) is 3.35. The SMILES string of the molecule is CCCCCNC(=O)CCSSCCC(=O)NCCCCC. The molecule has 6 heteroatoms. The van der Waals surface area contributed by atoms with E-state index in [-0.39, 0.29) is 11.8 Å². The largest absolute Gasteiger partial charge is 0.356 e. The molecule has 22 heavy (non-hydrogen) atoms. The minimum Gasteiger partial charge on any atom is -0.356 e. The van der Waals surface area contributed by atoms with Crippen LogP contribution in [0.1, 0.15) is 65.2 Å². The summed E-state index contributed by atoms with van der Waals surface area (Å²) in [6.07, 6.45) is 7.95. The van der Waals surface area contributed by atoms with Gasteiger partial charge in [0.2, 0.25) is 11.8 Å². The Bertz CT molecular complexity index is 261. The van der Waals surface area contributed by atoms with Crippen LogP contribution < -0.4 is 10.6 Å². The molecule has 0 rings (SSSR count). The number of rotatable bonds is 15. The van der Waals surface area contributed by atoms with Crippen molar-refractivity contribution >= 4 is 33.4 Å². The van der Waals surface area contributed by atoms with Gasteiger partial charge >= 0.3 is 0 Å². The highest BCUT2D eigenvalue weighted by molar-refractivity contribution is 8.76. The minimum absolute atomic E-state index is 0.137. The lowest BCUT2D eigenvalue weighted by Crippen LogP contribution is -2.24. The molecule has 0 atom stereocenters. The third-order valence-electron chi connectivity index (χ3n) is 3.11. The summed E-state index contributed by atoms with van der Waals surface area (Å²) in [5, 5.41) is 5.87. The maximum atomic E-state index is 11.5. The second kappa shape index (κ2) is 17.0. The first-order valence-corrected chi connectivity index (χ1v) is 11.0. The number of nitrogens with one attached hydrogen (secondary N) is 2. The maximum absolute atomic E-state index is 11.5. The van der Waals surface area contributed by atoms with Gasteiger partial charge in [-0.3, -0.25) is 9.59 Å². The Labute approximate surface area is 143 Å². The average molecular weight is 349 g/mol. The first-order valence-electron chi connectivity index (χ1n) is 8.48. The smallest absolute Gasteiger partial charge is 0.220 e. The van der Waals surface area contributed by atoms with Gasteiger partial charge in [-0.05, 0) is 12.8 Å². The fraction of sp³-hybridized carbons (Fsp3) is 0.875. The average Bonchev–Trinajstić information content (AvgIpc) is 2.51. The molecule has 2 amide bonds. The van der Waals surface area contributed by atoms with Crippen molar-refractivity contribution in [2.75, 3.05) is 24.6 Å². The normalized spacial score (nSPS) is 10.5. The quantitative estimate of drug-likeness (QED) is 0.349.